The fraction of sp³-hybridized carbons (Fsp3) is 0.417. The number of benzene rings is 1. The molecule has 0 saturated carbocycles. The molecule has 1 aliphatic heterocycles. The third kappa shape index (κ3) is 2.52. The van der Waals surface area contributed by atoms with E-state index >= 15 is 0 Å². The molecule has 1 heterocycles. The summed E-state index contributed by atoms with van der Waals surface area (Å²) in [4.78, 5) is 11.1. The maximum absolute atomic E-state index is 12.6. The molecule has 0 N–H and O–H groups in total. The summed E-state index contributed by atoms with van der Waals surface area (Å²) in [5, 5.41) is 0. The van der Waals surface area contributed by atoms with Crippen molar-refractivity contribution in [3.8, 4) is 0 Å². The Morgan fingerprint density at radius 1 is 1.30 bits per heavy atom. The summed E-state index contributed by atoms with van der Waals surface area (Å²) in [6, 6.07) is 2.87. The Balaban J connectivity index is 2.48. The van der Waals surface area contributed by atoms with Crippen molar-refractivity contribution in [3.05, 3.63) is 29.8 Å². The molecule has 1 atom stereocenters. The van der Waals surface area contributed by atoms with Gasteiger partial charge < -0.3 is 0 Å². The van der Waals surface area contributed by atoms with Gasteiger partial charge in [-0.1, -0.05) is 6.07 Å². The van der Waals surface area contributed by atoms with Gasteiger partial charge in [0.25, 0.3) is 10.0 Å². The average Bonchev–Trinajstić information content (AvgIpc) is 2.68. The van der Waals surface area contributed by atoms with Crippen LogP contribution in [0, 0.1) is 0 Å². The molecule has 1 aliphatic rings. The van der Waals surface area contributed by atoms with Gasteiger partial charge in [0.1, 0.15) is 0 Å². The highest BCUT2D eigenvalue weighted by Gasteiger charge is 2.39. The van der Waals surface area contributed by atoms with Gasteiger partial charge in [0, 0.05) is 12.5 Å². The van der Waals surface area contributed by atoms with E-state index in [1.807, 2.05) is 0 Å². The number of rotatable bonds is 2. The lowest BCUT2D eigenvalue weighted by Gasteiger charge is -2.21. The molecule has 20 heavy (non-hydrogen) atoms. The molecule has 4 nitrogen and oxygen atoms in total. The van der Waals surface area contributed by atoms with E-state index in [1.54, 1.807) is 6.92 Å². The van der Waals surface area contributed by atoms with Crippen molar-refractivity contribution in [1.82, 2.24) is 4.31 Å². The van der Waals surface area contributed by atoms with Crippen molar-refractivity contribution in [3.63, 3.8) is 0 Å². The molecule has 0 aromatic heterocycles. The van der Waals surface area contributed by atoms with Crippen LogP contribution in [0.15, 0.2) is 29.2 Å². The second-order valence-corrected chi connectivity index (χ2v) is 6.42. The summed E-state index contributed by atoms with van der Waals surface area (Å²) < 4.78 is 63.0. The highest BCUT2D eigenvalue weighted by atomic mass is 32.2. The van der Waals surface area contributed by atoms with Crippen molar-refractivity contribution in [1.29, 1.82) is 0 Å². The number of carbonyl (C=O) groups excluding carboxylic acids is 1. The van der Waals surface area contributed by atoms with Gasteiger partial charge in [-0.2, -0.15) is 13.2 Å². The zero-order valence-electron chi connectivity index (χ0n) is 10.5. The van der Waals surface area contributed by atoms with Gasteiger partial charge in [-0.15, -0.1) is 0 Å². The first-order chi connectivity index (χ1) is 9.14. The lowest BCUT2D eigenvalue weighted by atomic mass is 10.2. The summed E-state index contributed by atoms with van der Waals surface area (Å²) in [6.45, 7) is 1.55. The Hall–Kier alpha value is -1.57. The number of hydrogen-bond donors (Lipinski definition) is 0. The van der Waals surface area contributed by atoms with E-state index in [0.29, 0.717) is 16.8 Å². The van der Waals surface area contributed by atoms with Gasteiger partial charge in [0.05, 0.1) is 10.5 Å². The molecule has 2 rings (SSSR count). The second kappa shape index (κ2) is 4.76. The second-order valence-electron chi connectivity index (χ2n) is 4.61. The van der Waals surface area contributed by atoms with E-state index in [2.05, 4.69) is 0 Å². The topological polar surface area (TPSA) is 54.5 Å². The summed E-state index contributed by atoms with van der Waals surface area (Å²) in [6.07, 6.45) is -4.18. The quantitative estimate of drug-likeness (QED) is 0.843. The third-order valence-corrected chi connectivity index (χ3v) is 5.07. The molecule has 1 unspecified atom stereocenters. The van der Waals surface area contributed by atoms with Crippen LogP contribution in [0.1, 0.15) is 25.3 Å². The molecule has 1 saturated heterocycles. The fourth-order valence-corrected chi connectivity index (χ4v) is 3.82. The zero-order valence-corrected chi connectivity index (χ0v) is 11.3. The molecule has 0 radical (unpaired) electrons. The minimum atomic E-state index is -4.63. The third-order valence-electron chi connectivity index (χ3n) is 3.14. The highest BCUT2D eigenvalue weighted by molar-refractivity contribution is 7.89. The number of carbonyl (C=O) groups is 1. The molecular formula is C12H12F3NO3S. The molecule has 110 valence electrons. The molecule has 8 heteroatoms. The number of halogens is 3. The molecule has 1 fully saturated rings. The van der Waals surface area contributed by atoms with Crippen molar-refractivity contribution in [2.24, 2.45) is 0 Å². The Morgan fingerprint density at radius 3 is 2.45 bits per heavy atom. The van der Waals surface area contributed by atoms with Crippen LogP contribution in [0.2, 0.25) is 0 Å². The molecule has 0 aliphatic carbocycles. The minimum absolute atomic E-state index is 0.0827. The molecular weight excluding hydrogens is 295 g/mol. The van der Waals surface area contributed by atoms with E-state index in [1.165, 1.54) is 0 Å². The number of nitrogens with zero attached hydrogens (tertiary/aromatic N) is 1. The Bertz CT molecular complexity index is 640. The van der Waals surface area contributed by atoms with Crippen LogP contribution >= 0.6 is 0 Å². The zero-order chi connectivity index (χ0) is 15.1. The van der Waals surface area contributed by atoms with E-state index in [0.717, 1.165) is 18.2 Å². The average molecular weight is 307 g/mol. The van der Waals surface area contributed by atoms with E-state index in [-0.39, 0.29) is 6.42 Å². The number of alkyl halides is 3. The Morgan fingerprint density at radius 2 is 1.95 bits per heavy atom. The molecule has 1 aromatic rings. The normalized spacial score (nSPS) is 20.5. The monoisotopic (exact) mass is 307 g/mol. The Kier molecular flexibility index (Phi) is 3.53. The first-order valence-corrected chi connectivity index (χ1v) is 7.32. The lowest BCUT2D eigenvalue weighted by Crippen LogP contribution is -2.37. The van der Waals surface area contributed by atoms with Crippen LogP contribution in [0.4, 0.5) is 13.2 Å². The molecule has 0 bridgehead atoms. The van der Waals surface area contributed by atoms with Crippen molar-refractivity contribution >= 4 is 15.9 Å². The predicted molar refractivity (Wildman–Crippen MR) is 64.2 cm³/mol. The maximum Gasteiger partial charge on any atom is 0.416 e. The molecule has 1 aromatic carbocycles. The van der Waals surface area contributed by atoms with Gasteiger partial charge in [0.15, 0.2) is 0 Å². The molecule has 1 amide bonds. The highest BCUT2D eigenvalue weighted by Crippen LogP contribution is 2.32. The predicted octanol–water partition coefficient (Wildman–Crippen LogP) is 2.41. The van der Waals surface area contributed by atoms with Crippen LogP contribution in [-0.2, 0) is 21.0 Å². The first-order valence-electron chi connectivity index (χ1n) is 5.88. The summed E-state index contributed by atoms with van der Waals surface area (Å²) in [5.41, 5.74) is -1.06. The van der Waals surface area contributed by atoms with Crippen molar-refractivity contribution in [2.75, 3.05) is 0 Å². The van der Waals surface area contributed by atoms with E-state index in [4.69, 9.17) is 0 Å². The van der Waals surface area contributed by atoms with Crippen LogP contribution < -0.4 is 0 Å². The van der Waals surface area contributed by atoms with Crippen LogP contribution in [0.3, 0.4) is 0 Å². The van der Waals surface area contributed by atoms with E-state index in [9.17, 15) is 26.4 Å². The number of hydrogen-bond acceptors (Lipinski definition) is 3. The van der Waals surface area contributed by atoms with Gasteiger partial charge >= 0.3 is 6.18 Å². The Labute approximate surface area is 114 Å². The largest absolute Gasteiger partial charge is 0.416 e. The van der Waals surface area contributed by atoms with Gasteiger partial charge in [-0.3, -0.25) is 4.79 Å². The smallest absolute Gasteiger partial charge is 0.274 e. The summed E-state index contributed by atoms with van der Waals surface area (Å²) in [7, 11) is -4.24. The number of sulfonamides is 1. The van der Waals surface area contributed by atoms with E-state index < -0.39 is 38.6 Å². The van der Waals surface area contributed by atoms with Gasteiger partial charge in [-0.25, -0.2) is 12.7 Å². The maximum atomic E-state index is 12.6. The lowest BCUT2D eigenvalue weighted by molar-refractivity contribution is -0.137. The molecule has 0 spiro atoms. The van der Waals surface area contributed by atoms with Crippen LogP contribution in [0.5, 0.6) is 0 Å². The minimum Gasteiger partial charge on any atom is -0.274 e. The first kappa shape index (κ1) is 14.8. The van der Waals surface area contributed by atoms with Crippen molar-refractivity contribution < 1.29 is 26.4 Å². The standard InChI is InChI=1S/C12H12F3NO3S/c1-8-5-6-11(17)16(8)20(18,19)10-4-2-3-9(7-10)12(13,14)15/h2-4,7-8H,5-6H2,1H3. The van der Waals surface area contributed by atoms with Crippen LogP contribution in [0.25, 0.3) is 0 Å². The SMILES string of the molecule is CC1CCC(=O)N1S(=O)(=O)c1cccc(C(F)(F)F)c1. The van der Waals surface area contributed by atoms with Crippen molar-refractivity contribution in [2.45, 2.75) is 36.9 Å². The van der Waals surface area contributed by atoms with Gasteiger partial charge in [0.2, 0.25) is 5.91 Å². The van der Waals surface area contributed by atoms with Gasteiger partial charge in [-0.05, 0) is 31.5 Å². The number of amides is 1. The summed E-state index contributed by atoms with van der Waals surface area (Å²) >= 11 is 0. The van der Waals surface area contributed by atoms with Crippen LogP contribution in [-0.4, -0.2) is 24.7 Å². The summed E-state index contributed by atoms with van der Waals surface area (Å²) in [5.74, 6) is -0.588. The fourth-order valence-electron chi connectivity index (χ4n) is 2.12.